The lowest BCUT2D eigenvalue weighted by molar-refractivity contribution is 0.569. The summed E-state index contributed by atoms with van der Waals surface area (Å²) < 4.78 is 0. The standard InChI is InChI=1S/C10H12OS.C7H6OS.CHN/c1-7(2)8-5-3-4-6-9(8)10(11)12;8-7(9)6-4-2-1-3-5-6;1-2/h3-7H,1-2H3,(H,11,12);1-5H,(H,8,9);1H. The van der Waals surface area contributed by atoms with Gasteiger partial charge in [0.1, 0.15) is 0 Å². The fourth-order valence-corrected chi connectivity index (χ4v) is 2.10. The molecule has 0 saturated carbocycles. The maximum absolute atomic E-state index is 9.18. The van der Waals surface area contributed by atoms with E-state index in [0.29, 0.717) is 11.5 Å². The van der Waals surface area contributed by atoms with Crippen molar-refractivity contribution >= 4 is 34.5 Å². The van der Waals surface area contributed by atoms with Crippen LogP contribution in [0.25, 0.3) is 0 Å². The van der Waals surface area contributed by atoms with Crippen molar-refractivity contribution in [3.8, 4) is 6.57 Å². The summed E-state index contributed by atoms with van der Waals surface area (Å²) in [5, 5.41) is 24.4. The minimum atomic E-state index is -0.0457. The first-order chi connectivity index (χ1) is 10.9. The second kappa shape index (κ2) is 11.3. The molecule has 0 saturated heterocycles. The first kappa shape index (κ1) is 20.7. The molecule has 0 fully saturated rings. The quantitative estimate of drug-likeness (QED) is 0.757. The van der Waals surface area contributed by atoms with Crippen LogP contribution in [0.1, 0.15) is 36.5 Å². The lowest BCUT2D eigenvalue weighted by atomic mass is 9.98. The number of nitrogens with zero attached hydrogens (tertiary/aromatic N) is 1. The molecule has 0 aliphatic rings. The average Bonchev–Trinajstić information content (AvgIpc) is 2.58. The third-order valence-corrected chi connectivity index (χ3v) is 3.29. The van der Waals surface area contributed by atoms with Crippen LogP contribution in [0.3, 0.4) is 0 Å². The molecular formula is C18H19NO2S2. The highest BCUT2D eigenvalue weighted by Crippen LogP contribution is 2.19. The monoisotopic (exact) mass is 345 g/mol. The van der Waals surface area contributed by atoms with Gasteiger partial charge in [-0.3, -0.25) is 0 Å². The molecule has 0 radical (unpaired) electrons. The molecule has 2 N–H and O–H groups in total. The zero-order valence-electron chi connectivity index (χ0n) is 13.0. The van der Waals surface area contributed by atoms with Gasteiger partial charge in [0.2, 0.25) is 0 Å². The number of hydrogen-bond donors (Lipinski definition) is 2. The van der Waals surface area contributed by atoms with Gasteiger partial charge in [-0.1, -0.05) is 68.4 Å². The third-order valence-electron chi connectivity index (χ3n) is 2.83. The van der Waals surface area contributed by atoms with E-state index in [1.54, 1.807) is 12.1 Å². The molecule has 0 bridgehead atoms. The van der Waals surface area contributed by atoms with E-state index in [2.05, 4.69) is 32.6 Å². The van der Waals surface area contributed by atoms with Crippen molar-refractivity contribution < 1.29 is 10.2 Å². The van der Waals surface area contributed by atoms with Crippen LogP contribution in [0.15, 0.2) is 54.6 Å². The van der Waals surface area contributed by atoms with Crippen molar-refractivity contribution in [2.24, 2.45) is 0 Å². The molecule has 2 rings (SSSR count). The Morgan fingerprint density at radius 1 is 0.870 bits per heavy atom. The average molecular weight is 345 g/mol. The second-order valence-corrected chi connectivity index (χ2v) is 5.49. The van der Waals surface area contributed by atoms with Crippen molar-refractivity contribution in [1.29, 1.82) is 5.26 Å². The molecule has 3 nitrogen and oxygen atoms in total. The highest BCUT2D eigenvalue weighted by atomic mass is 32.1. The summed E-state index contributed by atoms with van der Waals surface area (Å²) >= 11 is 9.24. The van der Waals surface area contributed by atoms with E-state index in [0.717, 1.165) is 11.1 Å². The Balaban J connectivity index is 0.000000392. The SMILES string of the molecule is C#N.CC(C)c1ccccc1C(O)=S.OC(=S)c1ccccc1. The van der Waals surface area contributed by atoms with Gasteiger partial charge in [-0.25, -0.2) is 5.26 Å². The maximum Gasteiger partial charge on any atom is 0.188 e. The summed E-state index contributed by atoms with van der Waals surface area (Å²) in [4.78, 5) is 0. The molecule has 0 heterocycles. The normalized spacial score (nSPS) is 8.91. The van der Waals surface area contributed by atoms with Crippen LogP contribution in [0.2, 0.25) is 0 Å². The van der Waals surface area contributed by atoms with Crippen LogP contribution in [0.5, 0.6) is 0 Å². The van der Waals surface area contributed by atoms with Crippen LogP contribution in [-0.4, -0.2) is 20.3 Å². The van der Waals surface area contributed by atoms with E-state index in [9.17, 15) is 5.11 Å². The summed E-state index contributed by atoms with van der Waals surface area (Å²) in [6.45, 7) is 7.66. The van der Waals surface area contributed by atoms with Gasteiger partial charge in [0.25, 0.3) is 0 Å². The molecule has 0 aromatic heterocycles. The minimum Gasteiger partial charge on any atom is -0.499 e. The Morgan fingerprint density at radius 2 is 1.35 bits per heavy atom. The van der Waals surface area contributed by atoms with Crippen molar-refractivity contribution in [2.75, 3.05) is 0 Å². The lowest BCUT2D eigenvalue weighted by Gasteiger charge is -2.09. The second-order valence-electron chi connectivity index (χ2n) is 4.72. The van der Waals surface area contributed by atoms with E-state index in [1.165, 1.54) is 0 Å². The van der Waals surface area contributed by atoms with Crippen LogP contribution in [0.4, 0.5) is 0 Å². The first-order valence-electron chi connectivity index (χ1n) is 6.80. The zero-order valence-corrected chi connectivity index (χ0v) is 14.6. The van der Waals surface area contributed by atoms with E-state index < -0.39 is 0 Å². The van der Waals surface area contributed by atoms with Gasteiger partial charge in [0, 0.05) is 17.7 Å². The van der Waals surface area contributed by atoms with Crippen LogP contribution < -0.4 is 0 Å². The van der Waals surface area contributed by atoms with Gasteiger partial charge in [0.15, 0.2) is 10.1 Å². The number of benzene rings is 2. The summed E-state index contributed by atoms with van der Waals surface area (Å²) in [7, 11) is 0. The molecule has 0 atom stereocenters. The van der Waals surface area contributed by atoms with E-state index in [4.69, 9.17) is 22.6 Å². The zero-order chi connectivity index (χ0) is 17.8. The number of thiocarbonyl (C=S) groups is 2. The first-order valence-corrected chi connectivity index (χ1v) is 7.61. The van der Waals surface area contributed by atoms with Gasteiger partial charge in [-0.05, 0) is 35.9 Å². The topological polar surface area (TPSA) is 64.2 Å². The Morgan fingerprint density at radius 3 is 1.70 bits per heavy atom. The molecule has 2 aromatic rings. The fraction of sp³-hybridized carbons (Fsp3) is 0.167. The third kappa shape index (κ3) is 7.50. The Bertz CT molecular complexity index is 652. The number of nitriles is 1. The van der Waals surface area contributed by atoms with E-state index in [-0.39, 0.29) is 10.1 Å². The molecule has 0 spiro atoms. The maximum atomic E-state index is 9.18. The lowest BCUT2D eigenvalue weighted by Crippen LogP contribution is -2.01. The molecule has 0 aliphatic heterocycles. The van der Waals surface area contributed by atoms with Gasteiger partial charge < -0.3 is 10.2 Å². The van der Waals surface area contributed by atoms with Crippen LogP contribution in [-0.2, 0) is 0 Å². The molecule has 2 aromatic carbocycles. The smallest absolute Gasteiger partial charge is 0.188 e. The van der Waals surface area contributed by atoms with Gasteiger partial charge in [-0.15, -0.1) is 0 Å². The fourth-order valence-electron chi connectivity index (χ4n) is 1.78. The van der Waals surface area contributed by atoms with Gasteiger partial charge >= 0.3 is 0 Å². The Hall–Kier alpha value is -2.29. The summed E-state index contributed by atoms with van der Waals surface area (Å²) in [6, 6.07) is 16.7. The van der Waals surface area contributed by atoms with Crippen molar-refractivity contribution in [1.82, 2.24) is 0 Å². The van der Waals surface area contributed by atoms with Crippen molar-refractivity contribution in [3.63, 3.8) is 0 Å². The molecule has 5 heteroatoms. The minimum absolute atomic E-state index is 0.0145. The number of hydrogen-bond acceptors (Lipinski definition) is 3. The molecule has 23 heavy (non-hydrogen) atoms. The van der Waals surface area contributed by atoms with Gasteiger partial charge in [-0.2, -0.15) is 0 Å². The van der Waals surface area contributed by atoms with Crippen LogP contribution >= 0.6 is 24.4 Å². The number of aliphatic hydroxyl groups excluding tert-OH is 2. The molecule has 0 unspecified atom stereocenters. The predicted molar refractivity (Wildman–Crippen MR) is 102 cm³/mol. The van der Waals surface area contributed by atoms with E-state index in [1.807, 2.05) is 42.5 Å². The number of aliphatic hydroxyl groups is 2. The highest BCUT2D eigenvalue weighted by molar-refractivity contribution is 7.80. The molecular weight excluding hydrogens is 326 g/mol. The van der Waals surface area contributed by atoms with Crippen molar-refractivity contribution in [2.45, 2.75) is 19.8 Å². The Labute approximate surface area is 147 Å². The highest BCUT2D eigenvalue weighted by Gasteiger charge is 2.07. The summed E-state index contributed by atoms with van der Waals surface area (Å²) in [5.41, 5.74) is 2.58. The number of rotatable bonds is 3. The largest absolute Gasteiger partial charge is 0.499 e. The van der Waals surface area contributed by atoms with Crippen molar-refractivity contribution in [3.05, 3.63) is 71.3 Å². The molecule has 120 valence electrons. The van der Waals surface area contributed by atoms with Gasteiger partial charge in [0.05, 0.1) is 0 Å². The molecule has 0 aliphatic carbocycles. The van der Waals surface area contributed by atoms with Crippen LogP contribution in [0, 0.1) is 11.8 Å². The Kier molecular flexibility index (Phi) is 10.2. The summed E-state index contributed by atoms with van der Waals surface area (Å²) in [6.07, 6.45) is 0. The summed E-state index contributed by atoms with van der Waals surface area (Å²) in [5.74, 6) is 0.395. The van der Waals surface area contributed by atoms with E-state index >= 15 is 0 Å². The molecule has 0 amide bonds. The predicted octanol–water partition coefficient (Wildman–Crippen LogP) is 5.10.